The molecule has 166 valence electrons. The summed E-state index contributed by atoms with van der Waals surface area (Å²) >= 11 is 0. The number of fused-ring (bicyclic) bond motifs is 11. The molecule has 1 heterocycles. The fourth-order valence-corrected chi connectivity index (χ4v) is 6.04. The van der Waals surface area contributed by atoms with Gasteiger partial charge in [0.15, 0.2) is 0 Å². The summed E-state index contributed by atoms with van der Waals surface area (Å²) in [6.45, 7) is 0. The van der Waals surface area contributed by atoms with Gasteiger partial charge in [-0.05, 0) is 71.4 Å². The lowest BCUT2D eigenvalue weighted by atomic mass is 9.91. The van der Waals surface area contributed by atoms with E-state index in [-0.39, 0.29) is 0 Å². The first-order valence-corrected chi connectivity index (χ1v) is 12.4. The van der Waals surface area contributed by atoms with Crippen molar-refractivity contribution in [1.82, 2.24) is 4.98 Å². The predicted molar refractivity (Wildman–Crippen MR) is 155 cm³/mol. The van der Waals surface area contributed by atoms with Gasteiger partial charge in [-0.15, -0.1) is 0 Å². The van der Waals surface area contributed by atoms with Crippen molar-refractivity contribution in [2.75, 3.05) is 0 Å². The summed E-state index contributed by atoms with van der Waals surface area (Å²) in [6, 6.07) is 44.0. The van der Waals surface area contributed by atoms with Gasteiger partial charge in [0, 0.05) is 17.1 Å². The Bertz CT molecular complexity index is 2120. The molecule has 0 spiro atoms. The highest BCUT2D eigenvalue weighted by Crippen LogP contribution is 2.39. The summed E-state index contributed by atoms with van der Waals surface area (Å²) in [7, 11) is 0. The largest absolute Gasteiger partial charge is 0.256 e. The van der Waals surface area contributed by atoms with Crippen LogP contribution in [0.1, 0.15) is 0 Å². The molecule has 0 aliphatic carbocycles. The van der Waals surface area contributed by atoms with Crippen molar-refractivity contribution in [3.05, 3.63) is 128 Å². The minimum Gasteiger partial charge on any atom is -0.256 e. The van der Waals surface area contributed by atoms with Gasteiger partial charge in [-0.1, -0.05) is 109 Å². The third-order valence-corrected chi connectivity index (χ3v) is 7.69. The monoisotopic (exact) mass is 455 g/mol. The van der Waals surface area contributed by atoms with Crippen molar-refractivity contribution >= 4 is 64.6 Å². The lowest BCUT2D eigenvalue weighted by molar-refractivity contribution is 1.36. The van der Waals surface area contributed by atoms with Crippen LogP contribution in [0.2, 0.25) is 0 Å². The standard InChI is InChI=1S/C35H21N/c1-2-8-24-22(7-1)13-15-30-29(24)17-18-33-32(30)19-20-36-35(33)23-14-16-31-27-11-4-3-9-25(27)26-10-5-6-12-28(26)34(31)21-23/h1-21H. The number of benzene rings is 7. The molecule has 0 amide bonds. The highest BCUT2D eigenvalue weighted by molar-refractivity contribution is 6.26. The number of aromatic nitrogens is 1. The summed E-state index contributed by atoms with van der Waals surface area (Å²) in [5, 5.41) is 15.3. The summed E-state index contributed by atoms with van der Waals surface area (Å²) in [4.78, 5) is 4.90. The molecule has 1 heteroatoms. The summed E-state index contributed by atoms with van der Waals surface area (Å²) in [5.41, 5.74) is 2.18. The maximum atomic E-state index is 4.90. The second-order valence-electron chi connectivity index (χ2n) is 9.55. The Morgan fingerprint density at radius 3 is 1.56 bits per heavy atom. The van der Waals surface area contributed by atoms with E-state index in [1.54, 1.807) is 0 Å². The second-order valence-corrected chi connectivity index (χ2v) is 9.55. The lowest BCUT2D eigenvalue weighted by Crippen LogP contribution is -1.89. The summed E-state index contributed by atoms with van der Waals surface area (Å²) < 4.78 is 0. The van der Waals surface area contributed by atoms with Crippen LogP contribution in [-0.2, 0) is 0 Å². The number of rotatable bonds is 1. The number of pyridine rings is 1. The van der Waals surface area contributed by atoms with Crippen LogP contribution in [0.15, 0.2) is 128 Å². The first-order valence-electron chi connectivity index (χ1n) is 12.4. The zero-order valence-corrected chi connectivity index (χ0v) is 19.6. The smallest absolute Gasteiger partial charge is 0.0780 e. The minimum absolute atomic E-state index is 1.03. The highest BCUT2D eigenvalue weighted by atomic mass is 14.7. The Morgan fingerprint density at radius 1 is 0.333 bits per heavy atom. The van der Waals surface area contributed by atoms with Gasteiger partial charge in [0.25, 0.3) is 0 Å². The maximum absolute atomic E-state index is 4.90. The Kier molecular flexibility index (Phi) is 4.00. The van der Waals surface area contributed by atoms with E-state index in [9.17, 15) is 0 Å². The van der Waals surface area contributed by atoms with Crippen LogP contribution in [0, 0.1) is 0 Å². The van der Waals surface area contributed by atoms with Gasteiger partial charge in [-0.3, -0.25) is 4.98 Å². The van der Waals surface area contributed by atoms with Crippen molar-refractivity contribution in [3.8, 4) is 11.3 Å². The predicted octanol–water partition coefficient (Wildman–Crippen LogP) is 9.67. The van der Waals surface area contributed by atoms with Gasteiger partial charge < -0.3 is 0 Å². The second kappa shape index (κ2) is 7.37. The zero-order chi connectivity index (χ0) is 23.6. The van der Waals surface area contributed by atoms with Gasteiger partial charge >= 0.3 is 0 Å². The minimum atomic E-state index is 1.03. The van der Waals surface area contributed by atoms with Crippen molar-refractivity contribution in [3.63, 3.8) is 0 Å². The molecule has 0 atom stereocenters. The topological polar surface area (TPSA) is 12.9 Å². The third kappa shape index (κ3) is 2.68. The molecule has 0 aliphatic rings. The molecule has 1 nitrogen and oxygen atoms in total. The summed E-state index contributed by atoms with van der Waals surface area (Å²) in [6.07, 6.45) is 1.95. The van der Waals surface area contributed by atoms with E-state index in [2.05, 4.69) is 121 Å². The molecule has 36 heavy (non-hydrogen) atoms. The van der Waals surface area contributed by atoms with Crippen molar-refractivity contribution in [1.29, 1.82) is 0 Å². The van der Waals surface area contributed by atoms with Crippen LogP contribution < -0.4 is 0 Å². The van der Waals surface area contributed by atoms with E-state index in [0.29, 0.717) is 0 Å². The van der Waals surface area contributed by atoms with Gasteiger partial charge in [-0.2, -0.15) is 0 Å². The van der Waals surface area contributed by atoms with Crippen molar-refractivity contribution in [2.45, 2.75) is 0 Å². The van der Waals surface area contributed by atoms with Crippen molar-refractivity contribution < 1.29 is 0 Å². The molecule has 1 aromatic heterocycles. The molecular formula is C35H21N. The fraction of sp³-hybridized carbons (Fsp3) is 0. The van der Waals surface area contributed by atoms with E-state index in [0.717, 1.165) is 11.3 Å². The summed E-state index contributed by atoms with van der Waals surface area (Å²) in [5.74, 6) is 0. The van der Waals surface area contributed by atoms with Gasteiger partial charge in [0.2, 0.25) is 0 Å². The van der Waals surface area contributed by atoms with Gasteiger partial charge in [0.05, 0.1) is 5.69 Å². The molecule has 0 unspecified atom stereocenters. The Hall–Kier alpha value is -4.75. The molecule has 0 saturated heterocycles. The van der Waals surface area contributed by atoms with Crippen LogP contribution in [-0.4, -0.2) is 4.98 Å². The fourth-order valence-electron chi connectivity index (χ4n) is 6.04. The van der Waals surface area contributed by atoms with Crippen LogP contribution in [0.3, 0.4) is 0 Å². The van der Waals surface area contributed by atoms with E-state index in [1.807, 2.05) is 6.20 Å². The van der Waals surface area contributed by atoms with Gasteiger partial charge in [0.1, 0.15) is 0 Å². The number of hydrogen-bond acceptors (Lipinski definition) is 1. The van der Waals surface area contributed by atoms with Crippen LogP contribution in [0.5, 0.6) is 0 Å². The molecule has 0 fully saturated rings. The van der Waals surface area contributed by atoms with E-state index < -0.39 is 0 Å². The average molecular weight is 456 g/mol. The molecule has 0 bridgehead atoms. The molecule has 8 rings (SSSR count). The first kappa shape index (κ1) is 19.5. The van der Waals surface area contributed by atoms with Crippen LogP contribution in [0.4, 0.5) is 0 Å². The van der Waals surface area contributed by atoms with Crippen molar-refractivity contribution in [2.24, 2.45) is 0 Å². The first-order chi connectivity index (χ1) is 17.9. The lowest BCUT2D eigenvalue weighted by Gasteiger charge is -2.13. The molecule has 0 aliphatic heterocycles. The SMILES string of the molecule is c1ccc2c(c1)ccc1c3ccnc(-c4ccc5c6ccccc6c6ccccc6c5c4)c3ccc21. The molecule has 0 radical (unpaired) electrons. The third-order valence-electron chi connectivity index (χ3n) is 7.69. The molecule has 7 aromatic carbocycles. The zero-order valence-electron chi connectivity index (χ0n) is 19.6. The normalized spacial score (nSPS) is 11.9. The van der Waals surface area contributed by atoms with E-state index in [4.69, 9.17) is 4.98 Å². The van der Waals surface area contributed by atoms with Crippen LogP contribution >= 0.6 is 0 Å². The Morgan fingerprint density at radius 2 is 0.806 bits per heavy atom. The molecule has 0 saturated carbocycles. The Labute approximate surface area is 208 Å². The quantitative estimate of drug-likeness (QED) is 0.225. The maximum Gasteiger partial charge on any atom is 0.0780 e. The Balaban J connectivity index is 1.44. The number of nitrogens with zero attached hydrogens (tertiary/aromatic N) is 1. The van der Waals surface area contributed by atoms with Crippen LogP contribution in [0.25, 0.3) is 75.9 Å². The molecule has 0 N–H and O–H groups in total. The number of hydrogen-bond donors (Lipinski definition) is 0. The molecular weight excluding hydrogens is 434 g/mol. The average Bonchev–Trinajstić information content (AvgIpc) is 2.96. The molecule has 8 aromatic rings. The van der Waals surface area contributed by atoms with E-state index in [1.165, 1.54) is 64.6 Å². The van der Waals surface area contributed by atoms with Gasteiger partial charge in [-0.25, -0.2) is 0 Å². The van der Waals surface area contributed by atoms with E-state index >= 15 is 0 Å². The highest BCUT2D eigenvalue weighted by Gasteiger charge is 2.13.